The van der Waals surface area contributed by atoms with Crippen LogP contribution in [0.5, 0.6) is 28.7 Å². The first-order chi connectivity index (χ1) is 17.5. The lowest BCUT2D eigenvalue weighted by Crippen LogP contribution is -2.33. The van der Waals surface area contributed by atoms with Crippen LogP contribution in [0.15, 0.2) is 47.9 Å². The van der Waals surface area contributed by atoms with Gasteiger partial charge in [-0.25, -0.2) is 4.68 Å². The van der Waals surface area contributed by atoms with Crippen molar-refractivity contribution >= 4 is 11.7 Å². The summed E-state index contributed by atoms with van der Waals surface area (Å²) in [7, 11) is 7.89. The highest BCUT2D eigenvalue weighted by Gasteiger charge is 2.40. The maximum atomic E-state index is 13.7. The minimum atomic E-state index is -0.494. The number of ketones is 1. The number of ether oxygens (including phenoxy) is 5. The van der Waals surface area contributed by atoms with E-state index in [0.717, 1.165) is 16.8 Å². The third kappa shape index (κ3) is 3.78. The van der Waals surface area contributed by atoms with E-state index in [2.05, 4.69) is 15.4 Å². The zero-order chi connectivity index (χ0) is 25.4. The summed E-state index contributed by atoms with van der Waals surface area (Å²) >= 11 is 0. The Morgan fingerprint density at radius 3 is 2.14 bits per heavy atom. The van der Waals surface area contributed by atoms with E-state index in [-0.39, 0.29) is 11.7 Å². The Kier molecular flexibility index (Phi) is 6.17. The van der Waals surface area contributed by atoms with Crippen molar-refractivity contribution in [2.24, 2.45) is 0 Å². The standard InChI is InChI=1S/C26H28N4O6/c1-32-19-7-6-14(10-20(19)33-2)15-8-17-23(18(31)9-15)24(30-26(29-17)27-13-28-30)16-11-21(34-3)25(36-5)22(12-16)35-4/h6-7,10-13,15,24H,8-9H2,1-5H3,(H,27,28,29)/t15-,24+/m1/s1. The van der Waals surface area contributed by atoms with Crippen LogP contribution in [0.4, 0.5) is 5.95 Å². The van der Waals surface area contributed by atoms with E-state index < -0.39 is 6.04 Å². The summed E-state index contributed by atoms with van der Waals surface area (Å²) in [5.74, 6) is 3.33. The number of hydrogen-bond donors (Lipinski definition) is 1. The predicted octanol–water partition coefficient (Wildman–Crippen LogP) is 3.74. The van der Waals surface area contributed by atoms with Crippen molar-refractivity contribution in [1.82, 2.24) is 14.8 Å². The van der Waals surface area contributed by atoms with Crippen LogP contribution in [-0.4, -0.2) is 56.1 Å². The van der Waals surface area contributed by atoms with Crippen LogP contribution in [0.1, 0.15) is 35.9 Å². The van der Waals surface area contributed by atoms with Crippen molar-refractivity contribution in [2.45, 2.75) is 24.8 Å². The first kappa shape index (κ1) is 23.5. The molecule has 10 heteroatoms. The van der Waals surface area contributed by atoms with Crippen molar-refractivity contribution in [3.8, 4) is 28.7 Å². The number of aromatic nitrogens is 3. The van der Waals surface area contributed by atoms with Gasteiger partial charge in [0.1, 0.15) is 12.4 Å². The Hall–Kier alpha value is -4.21. The number of anilines is 1. The maximum absolute atomic E-state index is 13.7. The van der Waals surface area contributed by atoms with E-state index in [1.807, 2.05) is 30.3 Å². The number of fused-ring (bicyclic) bond motifs is 1. The molecular formula is C26H28N4O6. The average Bonchev–Trinajstić information content (AvgIpc) is 3.38. The number of Topliss-reactive ketones (excluding diaryl/α,β-unsaturated/α-hetero) is 1. The number of carbonyl (C=O) groups is 1. The molecule has 2 aliphatic rings. The smallest absolute Gasteiger partial charge is 0.226 e. The summed E-state index contributed by atoms with van der Waals surface area (Å²) in [5.41, 5.74) is 3.26. The summed E-state index contributed by atoms with van der Waals surface area (Å²) in [6.45, 7) is 0. The van der Waals surface area contributed by atoms with E-state index in [9.17, 15) is 4.79 Å². The van der Waals surface area contributed by atoms with Gasteiger partial charge in [-0.2, -0.15) is 10.1 Å². The molecule has 10 nitrogen and oxygen atoms in total. The van der Waals surface area contributed by atoms with Crippen molar-refractivity contribution in [3.63, 3.8) is 0 Å². The van der Waals surface area contributed by atoms with Gasteiger partial charge in [0.25, 0.3) is 0 Å². The zero-order valence-electron chi connectivity index (χ0n) is 20.8. The Balaban J connectivity index is 1.60. The minimum Gasteiger partial charge on any atom is -0.493 e. The molecule has 36 heavy (non-hydrogen) atoms. The van der Waals surface area contributed by atoms with Crippen molar-refractivity contribution < 1.29 is 28.5 Å². The Morgan fingerprint density at radius 2 is 1.50 bits per heavy atom. The number of nitrogens with one attached hydrogen (secondary N) is 1. The third-order valence-electron chi connectivity index (χ3n) is 6.74. The van der Waals surface area contributed by atoms with E-state index in [0.29, 0.717) is 53.1 Å². The van der Waals surface area contributed by atoms with Gasteiger partial charge >= 0.3 is 0 Å². The fraction of sp³-hybridized carbons (Fsp3) is 0.346. The molecule has 188 valence electrons. The molecule has 1 aliphatic carbocycles. The number of carbonyl (C=O) groups excluding carboxylic acids is 1. The van der Waals surface area contributed by atoms with Gasteiger partial charge in [0.2, 0.25) is 11.7 Å². The molecule has 2 heterocycles. The molecule has 2 atom stereocenters. The summed E-state index contributed by atoms with van der Waals surface area (Å²) in [4.78, 5) is 18.1. The number of hydrogen-bond acceptors (Lipinski definition) is 9. The molecule has 1 aliphatic heterocycles. The van der Waals surface area contributed by atoms with Crippen molar-refractivity contribution in [3.05, 3.63) is 59.1 Å². The van der Waals surface area contributed by atoms with Gasteiger partial charge < -0.3 is 29.0 Å². The van der Waals surface area contributed by atoms with Gasteiger partial charge in [0.15, 0.2) is 28.8 Å². The summed E-state index contributed by atoms with van der Waals surface area (Å²) < 4.78 is 29.2. The molecule has 5 rings (SSSR count). The second kappa shape index (κ2) is 9.44. The SMILES string of the molecule is COc1ccc([C@H]2CC(=O)C3=C(C2)Nc2ncnn2[C@H]3c2cc(OC)c(OC)c(OC)c2)cc1OC. The topological polar surface area (TPSA) is 106 Å². The van der Waals surface area contributed by atoms with E-state index in [4.69, 9.17) is 23.7 Å². The lowest BCUT2D eigenvalue weighted by molar-refractivity contribution is -0.116. The van der Waals surface area contributed by atoms with Crippen LogP contribution in [0.3, 0.4) is 0 Å². The molecule has 1 N–H and O–H groups in total. The van der Waals surface area contributed by atoms with Gasteiger partial charge in [0.05, 0.1) is 35.5 Å². The number of methoxy groups -OCH3 is 5. The normalized spacial score (nSPS) is 18.6. The van der Waals surface area contributed by atoms with Crippen LogP contribution < -0.4 is 29.0 Å². The molecule has 0 spiro atoms. The van der Waals surface area contributed by atoms with E-state index >= 15 is 0 Å². The summed E-state index contributed by atoms with van der Waals surface area (Å²) in [6.07, 6.45) is 2.45. The van der Waals surface area contributed by atoms with Crippen molar-refractivity contribution in [1.29, 1.82) is 0 Å². The third-order valence-corrected chi connectivity index (χ3v) is 6.74. The monoisotopic (exact) mass is 492 g/mol. The Labute approximate surface area is 208 Å². The highest BCUT2D eigenvalue weighted by molar-refractivity contribution is 6.00. The van der Waals surface area contributed by atoms with Gasteiger partial charge in [-0.3, -0.25) is 4.79 Å². The molecule has 0 amide bonds. The summed E-state index contributed by atoms with van der Waals surface area (Å²) in [6, 6.07) is 8.98. The van der Waals surface area contributed by atoms with Crippen LogP contribution in [0.2, 0.25) is 0 Å². The Bertz CT molecular complexity index is 1320. The zero-order valence-corrected chi connectivity index (χ0v) is 20.8. The molecule has 0 fully saturated rings. The molecule has 3 aromatic rings. The van der Waals surface area contributed by atoms with Crippen molar-refractivity contribution in [2.75, 3.05) is 40.9 Å². The van der Waals surface area contributed by atoms with Crippen LogP contribution in [0.25, 0.3) is 0 Å². The van der Waals surface area contributed by atoms with Gasteiger partial charge in [-0.05, 0) is 47.7 Å². The largest absolute Gasteiger partial charge is 0.493 e. The van der Waals surface area contributed by atoms with E-state index in [1.165, 1.54) is 6.33 Å². The number of benzene rings is 2. The Morgan fingerprint density at radius 1 is 0.833 bits per heavy atom. The fourth-order valence-electron chi connectivity index (χ4n) is 5.06. The van der Waals surface area contributed by atoms with Crippen LogP contribution in [-0.2, 0) is 4.79 Å². The lowest BCUT2D eigenvalue weighted by atomic mass is 9.77. The molecule has 0 radical (unpaired) electrons. The van der Waals surface area contributed by atoms with E-state index in [1.54, 1.807) is 40.2 Å². The summed E-state index contributed by atoms with van der Waals surface area (Å²) in [5, 5.41) is 7.77. The van der Waals surface area contributed by atoms with Gasteiger partial charge in [-0.1, -0.05) is 6.07 Å². The quantitative estimate of drug-likeness (QED) is 0.528. The molecular weight excluding hydrogens is 464 g/mol. The van der Waals surface area contributed by atoms with Gasteiger partial charge in [0, 0.05) is 17.7 Å². The maximum Gasteiger partial charge on any atom is 0.226 e. The highest BCUT2D eigenvalue weighted by atomic mass is 16.5. The second-order valence-electron chi connectivity index (χ2n) is 8.55. The number of rotatable bonds is 7. The molecule has 0 saturated carbocycles. The molecule has 2 aromatic carbocycles. The predicted molar refractivity (Wildman–Crippen MR) is 131 cm³/mol. The van der Waals surface area contributed by atoms with Gasteiger partial charge in [-0.15, -0.1) is 0 Å². The first-order valence-corrected chi connectivity index (χ1v) is 11.5. The minimum absolute atomic E-state index is 0.0291. The molecule has 0 bridgehead atoms. The first-order valence-electron chi connectivity index (χ1n) is 11.5. The second-order valence-corrected chi connectivity index (χ2v) is 8.55. The fourth-order valence-corrected chi connectivity index (χ4v) is 5.06. The van der Waals surface area contributed by atoms with Crippen LogP contribution >= 0.6 is 0 Å². The lowest BCUT2D eigenvalue weighted by Gasteiger charge is -2.35. The van der Waals surface area contributed by atoms with Crippen LogP contribution in [0, 0.1) is 0 Å². The number of nitrogens with zero attached hydrogens (tertiary/aromatic N) is 3. The molecule has 1 aromatic heterocycles. The highest BCUT2D eigenvalue weighted by Crippen LogP contribution is 2.47. The molecule has 0 unspecified atom stereocenters. The average molecular weight is 493 g/mol. The molecule has 0 saturated heterocycles. The number of allylic oxidation sites excluding steroid dienone is 2.